The van der Waals surface area contributed by atoms with E-state index in [2.05, 4.69) is 0 Å². The smallest absolute Gasteiger partial charge is 0.243 e. The highest BCUT2D eigenvalue weighted by molar-refractivity contribution is 7.89. The van der Waals surface area contributed by atoms with Crippen molar-refractivity contribution in [2.75, 3.05) is 23.7 Å². The van der Waals surface area contributed by atoms with E-state index in [0.717, 1.165) is 25.9 Å². The van der Waals surface area contributed by atoms with Crippen molar-refractivity contribution in [3.63, 3.8) is 0 Å². The Morgan fingerprint density at radius 3 is 2.39 bits per heavy atom. The number of phenols is 1. The Bertz CT molecular complexity index is 583. The van der Waals surface area contributed by atoms with Gasteiger partial charge in [-0.1, -0.05) is 11.6 Å². The average molecular weight is 292 g/mol. The lowest BCUT2D eigenvalue weighted by molar-refractivity contribution is 0.461. The van der Waals surface area contributed by atoms with E-state index in [4.69, 9.17) is 22.5 Å². The summed E-state index contributed by atoms with van der Waals surface area (Å²) in [6.07, 6.45) is 2.05. The average Bonchev–Trinajstić information content (AvgIpc) is 2.74. The van der Waals surface area contributed by atoms with E-state index in [0.29, 0.717) is 5.69 Å². The predicted octanol–water partition coefficient (Wildman–Crippen LogP) is 0.875. The van der Waals surface area contributed by atoms with Crippen LogP contribution in [0.1, 0.15) is 12.8 Å². The van der Waals surface area contributed by atoms with E-state index >= 15 is 0 Å². The van der Waals surface area contributed by atoms with Crippen molar-refractivity contribution in [2.45, 2.75) is 17.7 Å². The van der Waals surface area contributed by atoms with Crippen molar-refractivity contribution in [1.29, 1.82) is 0 Å². The molecule has 0 spiro atoms. The highest BCUT2D eigenvalue weighted by Crippen LogP contribution is 2.42. The molecule has 18 heavy (non-hydrogen) atoms. The van der Waals surface area contributed by atoms with Gasteiger partial charge in [0.2, 0.25) is 10.0 Å². The lowest BCUT2D eigenvalue weighted by Gasteiger charge is -2.21. The first-order chi connectivity index (χ1) is 8.32. The van der Waals surface area contributed by atoms with Crippen LogP contribution in [0.25, 0.3) is 0 Å². The minimum absolute atomic E-state index is 0.00896. The van der Waals surface area contributed by atoms with Gasteiger partial charge in [-0.15, -0.1) is 0 Å². The largest absolute Gasteiger partial charge is 0.504 e. The molecule has 1 saturated heterocycles. The van der Waals surface area contributed by atoms with Gasteiger partial charge in [-0.05, 0) is 18.9 Å². The number of phenolic OH excluding ortho intramolecular Hbond substituents is 1. The van der Waals surface area contributed by atoms with E-state index in [1.165, 1.54) is 6.07 Å². The van der Waals surface area contributed by atoms with E-state index in [1.54, 1.807) is 0 Å². The SMILES string of the molecule is Nc1c(N2CCCC2)cc(Cl)c(S(N)(=O)=O)c1O. The van der Waals surface area contributed by atoms with Gasteiger partial charge in [0.1, 0.15) is 4.90 Å². The summed E-state index contributed by atoms with van der Waals surface area (Å²) in [5, 5.41) is 14.7. The zero-order valence-electron chi connectivity index (χ0n) is 9.56. The van der Waals surface area contributed by atoms with Gasteiger partial charge in [-0.2, -0.15) is 0 Å². The maximum Gasteiger partial charge on any atom is 0.243 e. The molecule has 0 atom stereocenters. The molecule has 1 aliphatic rings. The van der Waals surface area contributed by atoms with Crippen molar-refractivity contribution in [3.05, 3.63) is 11.1 Å². The summed E-state index contributed by atoms with van der Waals surface area (Å²) >= 11 is 5.87. The van der Waals surface area contributed by atoms with Gasteiger partial charge < -0.3 is 15.7 Å². The Morgan fingerprint density at radius 1 is 1.33 bits per heavy atom. The highest BCUT2D eigenvalue weighted by Gasteiger charge is 2.25. The summed E-state index contributed by atoms with van der Waals surface area (Å²) in [4.78, 5) is 1.43. The standard InChI is InChI=1S/C10H14ClN3O3S/c11-6-5-7(14-3-1-2-4-14)8(12)9(15)10(6)18(13,16)17/h5,15H,1-4,12H2,(H2,13,16,17). The second kappa shape index (κ2) is 4.49. The van der Waals surface area contributed by atoms with E-state index < -0.39 is 20.7 Å². The van der Waals surface area contributed by atoms with Crippen molar-refractivity contribution < 1.29 is 13.5 Å². The number of benzene rings is 1. The van der Waals surface area contributed by atoms with Gasteiger partial charge in [0.05, 0.1) is 16.4 Å². The van der Waals surface area contributed by atoms with Crippen molar-refractivity contribution in [1.82, 2.24) is 0 Å². The molecule has 2 rings (SSSR count). The van der Waals surface area contributed by atoms with Gasteiger partial charge in [0, 0.05) is 13.1 Å². The first kappa shape index (κ1) is 13.3. The second-order valence-electron chi connectivity index (χ2n) is 4.21. The van der Waals surface area contributed by atoms with Crippen molar-refractivity contribution in [2.24, 2.45) is 5.14 Å². The molecule has 0 aromatic heterocycles. The molecule has 0 saturated carbocycles. The predicted molar refractivity (Wildman–Crippen MR) is 70.3 cm³/mol. The molecule has 6 nitrogen and oxygen atoms in total. The summed E-state index contributed by atoms with van der Waals surface area (Å²) in [5.41, 5.74) is 6.29. The second-order valence-corrected chi connectivity index (χ2v) is 6.11. The summed E-state index contributed by atoms with van der Waals surface area (Å²) in [6, 6.07) is 1.43. The molecule has 100 valence electrons. The van der Waals surface area contributed by atoms with Crippen LogP contribution in [0.5, 0.6) is 5.75 Å². The lowest BCUT2D eigenvalue weighted by atomic mass is 10.2. The number of rotatable bonds is 2. The topological polar surface area (TPSA) is 110 Å². The van der Waals surface area contributed by atoms with Crippen LogP contribution in [0.3, 0.4) is 0 Å². The molecule has 0 radical (unpaired) electrons. The summed E-state index contributed by atoms with van der Waals surface area (Å²) in [6.45, 7) is 1.60. The molecule has 8 heteroatoms. The molecule has 1 heterocycles. The van der Waals surface area contributed by atoms with E-state index in [9.17, 15) is 13.5 Å². The quantitative estimate of drug-likeness (QED) is 0.553. The fourth-order valence-corrected chi connectivity index (χ4v) is 3.34. The van der Waals surface area contributed by atoms with Gasteiger partial charge in [-0.25, -0.2) is 13.6 Å². The molecule has 1 aromatic rings. The van der Waals surface area contributed by atoms with Crippen LogP contribution in [0.2, 0.25) is 5.02 Å². The van der Waals surface area contributed by atoms with Crippen LogP contribution >= 0.6 is 11.6 Å². The molecule has 0 aliphatic carbocycles. The van der Waals surface area contributed by atoms with Crippen LogP contribution in [-0.4, -0.2) is 26.6 Å². The Hall–Kier alpha value is -1.18. The molecule has 0 amide bonds. The third-order valence-corrected chi connectivity index (χ3v) is 4.35. The maximum absolute atomic E-state index is 11.3. The van der Waals surface area contributed by atoms with Crippen LogP contribution in [0, 0.1) is 0 Å². The number of hydrogen-bond acceptors (Lipinski definition) is 5. The number of anilines is 2. The number of nitrogens with zero attached hydrogens (tertiary/aromatic N) is 1. The first-order valence-corrected chi connectivity index (χ1v) is 7.33. The van der Waals surface area contributed by atoms with Gasteiger partial charge in [0.15, 0.2) is 5.75 Å². The summed E-state index contributed by atoms with van der Waals surface area (Å²) in [7, 11) is -4.11. The Balaban J connectivity index is 2.61. The fraction of sp³-hybridized carbons (Fsp3) is 0.400. The minimum atomic E-state index is -4.11. The van der Waals surface area contributed by atoms with Crippen LogP contribution in [-0.2, 0) is 10.0 Å². The van der Waals surface area contributed by atoms with Gasteiger partial charge in [0.25, 0.3) is 0 Å². The zero-order chi connectivity index (χ0) is 13.5. The molecule has 5 N–H and O–H groups in total. The summed E-state index contributed by atoms with van der Waals surface area (Å²) in [5.74, 6) is -0.577. The van der Waals surface area contributed by atoms with E-state index in [1.807, 2.05) is 4.90 Å². The number of hydrogen-bond donors (Lipinski definition) is 3. The Morgan fingerprint density at radius 2 is 1.89 bits per heavy atom. The van der Waals surface area contributed by atoms with Crippen LogP contribution in [0.4, 0.5) is 11.4 Å². The Kier molecular flexibility index (Phi) is 3.31. The van der Waals surface area contributed by atoms with Crippen LogP contribution in [0.15, 0.2) is 11.0 Å². The van der Waals surface area contributed by atoms with Crippen LogP contribution < -0.4 is 15.8 Å². The van der Waals surface area contributed by atoms with E-state index in [-0.39, 0.29) is 10.7 Å². The molecule has 1 aliphatic heterocycles. The number of nitrogens with two attached hydrogens (primary N) is 2. The zero-order valence-corrected chi connectivity index (χ0v) is 11.1. The maximum atomic E-state index is 11.3. The number of sulfonamides is 1. The molecule has 0 unspecified atom stereocenters. The minimum Gasteiger partial charge on any atom is -0.504 e. The van der Waals surface area contributed by atoms with Crippen molar-refractivity contribution in [3.8, 4) is 5.75 Å². The monoisotopic (exact) mass is 291 g/mol. The first-order valence-electron chi connectivity index (χ1n) is 5.41. The molecular weight excluding hydrogens is 278 g/mol. The third-order valence-electron chi connectivity index (χ3n) is 2.96. The van der Waals surface area contributed by atoms with Gasteiger partial charge >= 0.3 is 0 Å². The molecule has 0 bridgehead atoms. The molecular formula is C10H14ClN3O3S. The molecule has 1 fully saturated rings. The fourth-order valence-electron chi connectivity index (χ4n) is 2.11. The number of aromatic hydroxyl groups is 1. The lowest BCUT2D eigenvalue weighted by Crippen LogP contribution is -2.20. The number of halogens is 1. The highest BCUT2D eigenvalue weighted by atomic mass is 35.5. The summed E-state index contributed by atoms with van der Waals surface area (Å²) < 4.78 is 22.6. The molecule has 1 aromatic carbocycles. The van der Waals surface area contributed by atoms with Gasteiger partial charge in [-0.3, -0.25) is 0 Å². The normalized spacial score (nSPS) is 16.2. The Labute approximate surface area is 110 Å². The number of nitrogen functional groups attached to an aromatic ring is 1. The number of primary sulfonamides is 1. The van der Waals surface area contributed by atoms with Crippen molar-refractivity contribution >= 4 is 33.0 Å². The third kappa shape index (κ3) is 2.21.